The second kappa shape index (κ2) is 5.30. The zero-order valence-electron chi connectivity index (χ0n) is 13.4. The lowest BCUT2D eigenvalue weighted by Crippen LogP contribution is -2.45. The van der Waals surface area contributed by atoms with Gasteiger partial charge in [0.25, 0.3) is 0 Å². The summed E-state index contributed by atoms with van der Waals surface area (Å²) in [6.07, 6.45) is 6.22. The van der Waals surface area contributed by atoms with Gasteiger partial charge >= 0.3 is 0 Å². The Balaban J connectivity index is 1.86. The van der Waals surface area contributed by atoms with E-state index < -0.39 is 0 Å². The summed E-state index contributed by atoms with van der Waals surface area (Å²) < 4.78 is 1.93. The number of nitrogens with zero attached hydrogens (tertiary/aromatic N) is 4. The van der Waals surface area contributed by atoms with Crippen LogP contribution < -0.4 is 10.2 Å². The Morgan fingerprint density at radius 2 is 2.19 bits per heavy atom. The third-order valence-electron chi connectivity index (χ3n) is 4.01. The molecular weight excluding hydrogens is 262 g/mol. The fourth-order valence-electron chi connectivity index (χ4n) is 3.00. The van der Waals surface area contributed by atoms with Gasteiger partial charge in [-0.15, -0.1) is 0 Å². The maximum absolute atomic E-state index is 4.63. The zero-order chi connectivity index (χ0) is 15.0. The smallest absolute Gasteiger partial charge is 0.154 e. The van der Waals surface area contributed by atoms with Gasteiger partial charge in [0.1, 0.15) is 5.52 Å². The number of anilines is 1. The third kappa shape index (κ3) is 3.02. The molecule has 0 aliphatic carbocycles. The van der Waals surface area contributed by atoms with Gasteiger partial charge in [0.2, 0.25) is 0 Å². The quantitative estimate of drug-likeness (QED) is 0.941. The first kappa shape index (κ1) is 14.3. The number of hydrogen-bond acceptors (Lipinski definition) is 4. The van der Waals surface area contributed by atoms with Gasteiger partial charge < -0.3 is 10.2 Å². The molecule has 1 N–H and O–H groups in total. The fourth-order valence-corrected chi connectivity index (χ4v) is 3.00. The van der Waals surface area contributed by atoms with E-state index in [2.05, 4.69) is 47.1 Å². The zero-order valence-corrected chi connectivity index (χ0v) is 13.4. The van der Waals surface area contributed by atoms with E-state index in [4.69, 9.17) is 0 Å². The maximum atomic E-state index is 4.63. The van der Waals surface area contributed by atoms with Crippen LogP contribution in [0.4, 0.5) is 5.82 Å². The number of fused-ring (bicyclic) bond motifs is 1. The topological polar surface area (TPSA) is 45.5 Å². The summed E-state index contributed by atoms with van der Waals surface area (Å²) in [6.45, 7) is 10.7. The van der Waals surface area contributed by atoms with Crippen LogP contribution in [-0.2, 0) is 0 Å². The monoisotopic (exact) mass is 287 g/mol. The van der Waals surface area contributed by atoms with E-state index in [1.807, 2.05) is 23.8 Å². The summed E-state index contributed by atoms with van der Waals surface area (Å²) in [4.78, 5) is 7.07. The van der Waals surface area contributed by atoms with Crippen molar-refractivity contribution in [3.8, 4) is 0 Å². The summed E-state index contributed by atoms with van der Waals surface area (Å²) in [5.41, 5.74) is 2.30. The number of rotatable bonds is 3. The molecule has 0 radical (unpaired) electrons. The minimum absolute atomic E-state index is 0.154. The molecule has 2 aromatic heterocycles. The molecule has 0 amide bonds. The van der Waals surface area contributed by atoms with Gasteiger partial charge in [-0.2, -0.15) is 5.10 Å². The van der Waals surface area contributed by atoms with Gasteiger partial charge in [0, 0.05) is 37.1 Å². The Kier molecular flexibility index (Phi) is 3.61. The van der Waals surface area contributed by atoms with Crippen molar-refractivity contribution in [2.75, 3.05) is 18.0 Å². The van der Waals surface area contributed by atoms with E-state index in [0.717, 1.165) is 30.1 Å². The van der Waals surface area contributed by atoms with Crippen LogP contribution in [0.3, 0.4) is 0 Å². The first-order chi connectivity index (χ1) is 9.94. The van der Waals surface area contributed by atoms with E-state index in [9.17, 15) is 0 Å². The highest BCUT2D eigenvalue weighted by molar-refractivity contribution is 5.69. The summed E-state index contributed by atoms with van der Waals surface area (Å²) in [5, 5.41) is 8.11. The lowest BCUT2D eigenvalue weighted by molar-refractivity contribution is 0.404. The first-order valence-corrected chi connectivity index (χ1v) is 7.77. The minimum atomic E-state index is 0.154. The van der Waals surface area contributed by atoms with Crippen molar-refractivity contribution >= 4 is 11.3 Å². The summed E-state index contributed by atoms with van der Waals surface area (Å²) in [5.74, 6) is 1.07. The molecular formula is C16H25N5. The lowest BCUT2D eigenvalue weighted by Gasteiger charge is -2.30. The molecule has 0 aromatic carbocycles. The van der Waals surface area contributed by atoms with E-state index in [1.165, 1.54) is 12.8 Å². The summed E-state index contributed by atoms with van der Waals surface area (Å²) >= 11 is 0. The SMILES string of the molecule is Cc1cc2c(N3CCCC3CNC(C)(C)C)nccn2n1. The van der Waals surface area contributed by atoms with Gasteiger partial charge in [-0.05, 0) is 46.6 Å². The minimum Gasteiger partial charge on any atom is -0.351 e. The number of aromatic nitrogens is 3. The Hall–Kier alpha value is -1.62. The van der Waals surface area contributed by atoms with E-state index in [-0.39, 0.29) is 5.54 Å². The van der Waals surface area contributed by atoms with Crippen LogP contribution in [0.25, 0.3) is 5.52 Å². The Labute approximate surface area is 126 Å². The van der Waals surface area contributed by atoms with E-state index >= 15 is 0 Å². The van der Waals surface area contributed by atoms with Crippen LogP contribution in [0.5, 0.6) is 0 Å². The van der Waals surface area contributed by atoms with Crippen molar-refractivity contribution in [2.45, 2.75) is 52.1 Å². The molecule has 1 saturated heterocycles. The van der Waals surface area contributed by atoms with Gasteiger partial charge in [-0.25, -0.2) is 9.50 Å². The fraction of sp³-hybridized carbons (Fsp3) is 0.625. The Morgan fingerprint density at radius 1 is 1.38 bits per heavy atom. The van der Waals surface area contributed by atoms with Crippen LogP contribution in [0, 0.1) is 6.92 Å². The van der Waals surface area contributed by atoms with Crippen LogP contribution in [0.1, 0.15) is 39.3 Å². The highest BCUT2D eigenvalue weighted by Gasteiger charge is 2.28. The molecule has 5 nitrogen and oxygen atoms in total. The molecule has 3 rings (SSSR count). The second-order valence-electron chi connectivity index (χ2n) is 6.99. The van der Waals surface area contributed by atoms with Crippen LogP contribution in [0.15, 0.2) is 18.5 Å². The molecule has 2 aromatic rings. The maximum Gasteiger partial charge on any atom is 0.154 e. The summed E-state index contributed by atoms with van der Waals surface area (Å²) in [7, 11) is 0. The molecule has 1 aliphatic rings. The molecule has 5 heteroatoms. The molecule has 1 unspecified atom stereocenters. The van der Waals surface area contributed by atoms with Gasteiger partial charge in [-0.1, -0.05) is 0 Å². The second-order valence-corrected chi connectivity index (χ2v) is 6.99. The highest BCUT2D eigenvalue weighted by Crippen LogP contribution is 2.27. The van der Waals surface area contributed by atoms with Crippen molar-refractivity contribution in [1.82, 2.24) is 19.9 Å². The normalized spacial score (nSPS) is 19.6. The molecule has 1 aliphatic heterocycles. The number of hydrogen-bond donors (Lipinski definition) is 1. The predicted molar refractivity (Wildman–Crippen MR) is 85.8 cm³/mol. The molecule has 1 atom stereocenters. The molecule has 21 heavy (non-hydrogen) atoms. The largest absolute Gasteiger partial charge is 0.351 e. The van der Waals surface area contributed by atoms with Crippen LogP contribution >= 0.6 is 0 Å². The molecule has 0 saturated carbocycles. The highest BCUT2D eigenvalue weighted by atomic mass is 15.3. The first-order valence-electron chi connectivity index (χ1n) is 7.77. The molecule has 114 valence electrons. The van der Waals surface area contributed by atoms with Gasteiger partial charge in [-0.3, -0.25) is 0 Å². The lowest BCUT2D eigenvalue weighted by atomic mass is 10.1. The third-order valence-corrected chi connectivity index (χ3v) is 4.01. The molecule has 0 bridgehead atoms. The molecule has 0 spiro atoms. The van der Waals surface area contributed by atoms with Crippen LogP contribution in [-0.4, -0.2) is 39.3 Å². The standard InChI is InChI=1S/C16H25N5/c1-12-10-14-15(17-7-9-21(14)19-12)20-8-5-6-13(20)11-18-16(2,3)4/h7,9-10,13,18H,5-6,8,11H2,1-4H3. The number of nitrogens with one attached hydrogen (secondary N) is 1. The van der Waals surface area contributed by atoms with Crippen molar-refractivity contribution in [3.05, 3.63) is 24.2 Å². The van der Waals surface area contributed by atoms with Crippen molar-refractivity contribution < 1.29 is 0 Å². The molecule has 3 heterocycles. The van der Waals surface area contributed by atoms with Crippen molar-refractivity contribution in [1.29, 1.82) is 0 Å². The van der Waals surface area contributed by atoms with E-state index in [1.54, 1.807) is 0 Å². The van der Waals surface area contributed by atoms with Crippen molar-refractivity contribution in [3.63, 3.8) is 0 Å². The average Bonchev–Trinajstić information content (AvgIpc) is 2.99. The van der Waals surface area contributed by atoms with Gasteiger partial charge in [0.15, 0.2) is 5.82 Å². The number of aryl methyl sites for hydroxylation is 1. The Morgan fingerprint density at radius 3 is 2.95 bits per heavy atom. The Bertz CT molecular complexity index is 625. The predicted octanol–water partition coefficient (Wildman–Crippen LogP) is 2.39. The average molecular weight is 287 g/mol. The van der Waals surface area contributed by atoms with E-state index in [0.29, 0.717) is 6.04 Å². The molecule has 1 fully saturated rings. The summed E-state index contributed by atoms with van der Waals surface area (Å²) in [6, 6.07) is 2.63. The van der Waals surface area contributed by atoms with Gasteiger partial charge in [0.05, 0.1) is 5.69 Å². The van der Waals surface area contributed by atoms with Crippen molar-refractivity contribution in [2.24, 2.45) is 0 Å². The van der Waals surface area contributed by atoms with Crippen LogP contribution in [0.2, 0.25) is 0 Å².